The fourth-order valence-corrected chi connectivity index (χ4v) is 2.57. The summed E-state index contributed by atoms with van der Waals surface area (Å²) in [7, 11) is 1.53. The molecule has 0 spiro atoms. The number of likely N-dealkylation sites (tertiary alicyclic amines) is 1. The first kappa shape index (κ1) is 13.7. The largest absolute Gasteiger partial charge is 0.507 e. The quantitative estimate of drug-likeness (QED) is 0.912. The van der Waals surface area contributed by atoms with Gasteiger partial charge in [0.05, 0.1) is 12.7 Å². The van der Waals surface area contributed by atoms with Crippen LogP contribution in [-0.2, 0) is 0 Å². The van der Waals surface area contributed by atoms with Gasteiger partial charge in [0.2, 0.25) is 0 Å². The van der Waals surface area contributed by atoms with E-state index in [1.165, 1.54) is 19.6 Å². The second-order valence-electron chi connectivity index (χ2n) is 5.05. The first-order valence-corrected chi connectivity index (χ1v) is 6.82. The van der Waals surface area contributed by atoms with E-state index in [1.54, 1.807) is 12.1 Å². The van der Waals surface area contributed by atoms with Gasteiger partial charge in [-0.1, -0.05) is 13.3 Å². The Kier molecular flexibility index (Phi) is 4.30. The molecule has 1 aromatic rings. The summed E-state index contributed by atoms with van der Waals surface area (Å²) in [6, 6.07) is 4.81. The molecule has 0 radical (unpaired) electrons. The second-order valence-corrected chi connectivity index (χ2v) is 5.05. The third kappa shape index (κ3) is 3.00. The van der Waals surface area contributed by atoms with Crippen LogP contribution in [0.1, 0.15) is 36.5 Å². The molecule has 4 nitrogen and oxygen atoms in total. The van der Waals surface area contributed by atoms with Gasteiger partial charge in [-0.15, -0.1) is 0 Å². The molecule has 1 unspecified atom stereocenters. The number of hydrogen-bond acceptors (Lipinski definition) is 3. The molecule has 1 N–H and O–H groups in total. The molecule has 1 atom stereocenters. The van der Waals surface area contributed by atoms with Crippen molar-refractivity contribution in [3.63, 3.8) is 0 Å². The first-order valence-electron chi connectivity index (χ1n) is 6.82. The molecule has 4 heteroatoms. The first-order chi connectivity index (χ1) is 9.15. The standard InChI is InChI=1S/C15H21NO3/c1-3-11-5-4-8-16(10-11)15(18)13-7-6-12(19-2)9-14(13)17/h6-7,9,11,17H,3-5,8,10H2,1-2H3. The van der Waals surface area contributed by atoms with E-state index in [-0.39, 0.29) is 11.7 Å². The lowest BCUT2D eigenvalue weighted by Gasteiger charge is -2.32. The maximum absolute atomic E-state index is 12.4. The van der Waals surface area contributed by atoms with Gasteiger partial charge < -0.3 is 14.7 Å². The van der Waals surface area contributed by atoms with Gasteiger partial charge in [0, 0.05) is 19.2 Å². The van der Waals surface area contributed by atoms with Gasteiger partial charge in [-0.05, 0) is 30.9 Å². The summed E-state index contributed by atoms with van der Waals surface area (Å²) in [5, 5.41) is 9.92. The Morgan fingerprint density at radius 1 is 1.53 bits per heavy atom. The Hall–Kier alpha value is -1.71. The van der Waals surface area contributed by atoms with Crippen LogP contribution >= 0.6 is 0 Å². The van der Waals surface area contributed by atoms with E-state index in [4.69, 9.17) is 4.74 Å². The van der Waals surface area contributed by atoms with Gasteiger partial charge in [-0.2, -0.15) is 0 Å². The SMILES string of the molecule is CCC1CCCN(C(=O)c2ccc(OC)cc2O)C1. The zero-order valence-corrected chi connectivity index (χ0v) is 11.6. The monoisotopic (exact) mass is 263 g/mol. The predicted molar refractivity (Wildman–Crippen MR) is 73.6 cm³/mol. The molecule has 1 aliphatic rings. The van der Waals surface area contributed by atoms with Crippen molar-refractivity contribution in [2.75, 3.05) is 20.2 Å². The average Bonchev–Trinajstić information content (AvgIpc) is 2.46. The molecular formula is C15H21NO3. The third-order valence-corrected chi connectivity index (χ3v) is 3.82. The van der Waals surface area contributed by atoms with E-state index in [1.807, 2.05) is 4.90 Å². The molecule has 2 rings (SSSR count). The number of aromatic hydroxyl groups is 1. The molecular weight excluding hydrogens is 242 g/mol. The number of amides is 1. The van der Waals surface area contributed by atoms with E-state index in [0.717, 1.165) is 25.9 Å². The van der Waals surface area contributed by atoms with E-state index < -0.39 is 0 Å². The Morgan fingerprint density at radius 3 is 2.95 bits per heavy atom. The second kappa shape index (κ2) is 5.95. The van der Waals surface area contributed by atoms with Crippen molar-refractivity contribution in [3.05, 3.63) is 23.8 Å². The predicted octanol–water partition coefficient (Wildman–Crippen LogP) is 2.66. The highest BCUT2D eigenvalue weighted by Crippen LogP contribution is 2.27. The highest BCUT2D eigenvalue weighted by Gasteiger charge is 2.25. The summed E-state index contributed by atoms with van der Waals surface area (Å²) >= 11 is 0. The average molecular weight is 263 g/mol. The minimum absolute atomic E-state index is 0.0111. The molecule has 1 saturated heterocycles. The molecule has 1 heterocycles. The lowest BCUT2D eigenvalue weighted by molar-refractivity contribution is 0.0668. The number of hydrogen-bond donors (Lipinski definition) is 1. The number of carbonyl (C=O) groups excluding carboxylic acids is 1. The fourth-order valence-electron chi connectivity index (χ4n) is 2.57. The number of phenolic OH excluding ortho intramolecular Hbond substituents is 1. The highest BCUT2D eigenvalue weighted by molar-refractivity contribution is 5.97. The summed E-state index contributed by atoms with van der Waals surface area (Å²) in [6.45, 7) is 3.73. The van der Waals surface area contributed by atoms with Crippen LogP contribution in [0.25, 0.3) is 0 Å². The van der Waals surface area contributed by atoms with Gasteiger partial charge in [0.1, 0.15) is 11.5 Å². The van der Waals surface area contributed by atoms with Crippen molar-refractivity contribution in [2.24, 2.45) is 5.92 Å². The minimum atomic E-state index is -0.0849. The zero-order chi connectivity index (χ0) is 13.8. The number of nitrogens with zero attached hydrogens (tertiary/aromatic N) is 1. The van der Waals surface area contributed by atoms with E-state index in [0.29, 0.717) is 17.2 Å². The third-order valence-electron chi connectivity index (χ3n) is 3.82. The number of ether oxygens (including phenoxy) is 1. The Labute approximate surface area is 114 Å². The van der Waals surface area contributed by atoms with Gasteiger partial charge in [0.25, 0.3) is 5.91 Å². The molecule has 1 aliphatic heterocycles. The number of methoxy groups -OCH3 is 1. The van der Waals surface area contributed by atoms with Crippen LogP contribution in [-0.4, -0.2) is 36.1 Å². The molecule has 0 aliphatic carbocycles. The number of carbonyl (C=O) groups is 1. The number of rotatable bonds is 3. The smallest absolute Gasteiger partial charge is 0.257 e. The Balaban J connectivity index is 2.15. The topological polar surface area (TPSA) is 49.8 Å². The van der Waals surface area contributed by atoms with Crippen LogP contribution in [0, 0.1) is 5.92 Å². The summed E-state index contributed by atoms with van der Waals surface area (Å²) in [4.78, 5) is 14.3. The molecule has 1 fully saturated rings. The molecule has 1 aromatic carbocycles. The lowest BCUT2D eigenvalue weighted by Crippen LogP contribution is -2.39. The van der Waals surface area contributed by atoms with Crippen molar-refractivity contribution >= 4 is 5.91 Å². The van der Waals surface area contributed by atoms with Crippen molar-refractivity contribution in [1.29, 1.82) is 0 Å². The summed E-state index contributed by atoms with van der Waals surface area (Å²) < 4.78 is 5.02. The molecule has 19 heavy (non-hydrogen) atoms. The number of benzene rings is 1. The van der Waals surface area contributed by atoms with Gasteiger partial charge in [-0.25, -0.2) is 0 Å². The normalized spacial score (nSPS) is 19.3. The number of piperidine rings is 1. The van der Waals surface area contributed by atoms with Crippen molar-refractivity contribution in [1.82, 2.24) is 4.90 Å². The van der Waals surface area contributed by atoms with Crippen LogP contribution in [0.2, 0.25) is 0 Å². The van der Waals surface area contributed by atoms with Crippen LogP contribution < -0.4 is 4.74 Å². The molecule has 1 amide bonds. The molecule has 104 valence electrons. The summed E-state index contributed by atoms with van der Waals surface area (Å²) in [5.74, 6) is 1.04. The maximum Gasteiger partial charge on any atom is 0.257 e. The van der Waals surface area contributed by atoms with Gasteiger partial charge in [-0.3, -0.25) is 4.79 Å². The Bertz CT molecular complexity index is 459. The fraction of sp³-hybridized carbons (Fsp3) is 0.533. The van der Waals surface area contributed by atoms with Crippen molar-refractivity contribution in [3.8, 4) is 11.5 Å². The lowest BCUT2D eigenvalue weighted by atomic mass is 9.95. The van der Waals surface area contributed by atoms with Gasteiger partial charge in [0.15, 0.2) is 0 Å². The zero-order valence-electron chi connectivity index (χ0n) is 11.6. The van der Waals surface area contributed by atoms with Crippen LogP contribution in [0.3, 0.4) is 0 Å². The van der Waals surface area contributed by atoms with E-state index in [2.05, 4.69) is 6.92 Å². The molecule has 0 bridgehead atoms. The summed E-state index contributed by atoms with van der Waals surface area (Å²) in [5.41, 5.74) is 0.359. The molecule has 0 saturated carbocycles. The van der Waals surface area contributed by atoms with E-state index >= 15 is 0 Å². The van der Waals surface area contributed by atoms with E-state index in [9.17, 15) is 9.90 Å². The van der Waals surface area contributed by atoms with Crippen LogP contribution in [0.4, 0.5) is 0 Å². The van der Waals surface area contributed by atoms with Crippen molar-refractivity contribution in [2.45, 2.75) is 26.2 Å². The van der Waals surface area contributed by atoms with Gasteiger partial charge >= 0.3 is 0 Å². The summed E-state index contributed by atoms with van der Waals surface area (Å²) in [6.07, 6.45) is 3.33. The maximum atomic E-state index is 12.4. The van der Waals surface area contributed by atoms with Crippen molar-refractivity contribution < 1.29 is 14.6 Å². The minimum Gasteiger partial charge on any atom is -0.507 e. The number of phenols is 1. The van der Waals surface area contributed by atoms with Crippen LogP contribution in [0.15, 0.2) is 18.2 Å². The molecule has 0 aromatic heterocycles. The van der Waals surface area contributed by atoms with Crippen LogP contribution in [0.5, 0.6) is 11.5 Å². The Morgan fingerprint density at radius 2 is 2.32 bits per heavy atom. The highest BCUT2D eigenvalue weighted by atomic mass is 16.5.